The summed E-state index contributed by atoms with van der Waals surface area (Å²) >= 11 is 0. The van der Waals surface area contributed by atoms with Crippen LogP contribution in [-0.2, 0) is 9.53 Å². The molecule has 39 heavy (non-hydrogen) atoms. The Balaban J connectivity index is 0.00000308. The molecule has 1 aliphatic carbocycles. The molecular formula is C30H28MgN4O4-2. The summed E-state index contributed by atoms with van der Waals surface area (Å²) in [4.78, 5) is 41.1. The molecule has 3 atom stereocenters. The third kappa shape index (κ3) is 3.93. The average Bonchev–Trinajstić information content (AvgIpc) is 3.63. The Bertz CT molecular complexity index is 1840. The van der Waals surface area contributed by atoms with Crippen molar-refractivity contribution in [2.24, 2.45) is 11.8 Å². The molecule has 3 aliphatic rings. The number of aromatic nitrogens is 3. The molecule has 1 N–H and O–H groups in total. The molecule has 0 aromatic carbocycles. The zero-order valence-corrected chi connectivity index (χ0v) is 24.3. The average molecular weight is 533 g/mol. The van der Waals surface area contributed by atoms with Crippen molar-refractivity contribution in [2.75, 3.05) is 7.11 Å². The molecule has 3 aromatic heterocycles. The van der Waals surface area contributed by atoms with Crippen LogP contribution in [0.5, 0.6) is 0 Å². The summed E-state index contributed by atoms with van der Waals surface area (Å²) in [5.74, 6) is -1.84. The fourth-order valence-electron chi connectivity index (χ4n) is 5.91. The van der Waals surface area contributed by atoms with Gasteiger partial charge < -0.3 is 30.1 Å². The Morgan fingerprint density at radius 2 is 1.59 bits per heavy atom. The van der Waals surface area contributed by atoms with E-state index in [9.17, 15) is 14.7 Å². The first kappa shape index (κ1) is 27.1. The fourth-order valence-corrected chi connectivity index (χ4v) is 5.91. The van der Waals surface area contributed by atoms with Crippen LogP contribution < -0.4 is 36.2 Å². The van der Waals surface area contributed by atoms with E-state index in [4.69, 9.17) is 25.0 Å². The van der Waals surface area contributed by atoms with Crippen molar-refractivity contribution in [2.45, 2.75) is 47.1 Å². The Kier molecular flexibility index (Phi) is 6.71. The van der Waals surface area contributed by atoms with Gasteiger partial charge in [-0.05, 0) is 38.8 Å². The van der Waals surface area contributed by atoms with E-state index < -0.39 is 11.9 Å². The number of Topliss-reactive ketones (excluding diaryl/α,β-unsaturated/α-hetero) is 1. The predicted molar refractivity (Wildman–Crippen MR) is 149 cm³/mol. The molecule has 0 radical (unpaired) electrons. The van der Waals surface area contributed by atoms with Crippen LogP contribution in [0.1, 0.15) is 63.0 Å². The standard InChI is InChI=1S/C30H28N4O4.Mg/c1-12-7-24-26-27(30(37)38-6)29(36)25-16(5)22(34-28(25)26)9-21-15(4)17(11-35)23(33-21)10-20-14(3)13(2)19(32-20)8-18(12)31-24;/h8-12,24,27H,7H2,1-6H3,(H,35,36);/q-4;+2/b18-8-,23-10-;/t12-,24?,27+;/m0./s1. The molecule has 5 heterocycles. The van der Waals surface area contributed by atoms with Gasteiger partial charge in [-0.2, -0.15) is 5.70 Å². The molecule has 8 nitrogen and oxygen atoms in total. The molecule has 1 unspecified atom stereocenters. The zero-order chi connectivity index (χ0) is 27.0. The smallest absolute Gasteiger partial charge is 0.682 e. The number of hydrogen-bond donors (Lipinski definition) is 1. The van der Waals surface area contributed by atoms with Gasteiger partial charge in [0.05, 0.1) is 13.4 Å². The van der Waals surface area contributed by atoms with Crippen LogP contribution in [0, 0.1) is 39.5 Å². The topological polar surface area (TPSA) is 120 Å². The van der Waals surface area contributed by atoms with E-state index in [-0.39, 0.29) is 40.8 Å². The van der Waals surface area contributed by atoms with E-state index in [0.29, 0.717) is 50.1 Å². The van der Waals surface area contributed by atoms with Crippen LogP contribution in [-0.4, -0.2) is 53.1 Å². The van der Waals surface area contributed by atoms with Crippen molar-refractivity contribution < 1.29 is 19.4 Å². The number of carbonyl (C=O) groups is 2. The van der Waals surface area contributed by atoms with Crippen LogP contribution in [0.4, 0.5) is 0 Å². The molecule has 8 bridgehead atoms. The zero-order valence-electron chi connectivity index (χ0n) is 22.9. The first-order chi connectivity index (χ1) is 18.1. The minimum Gasteiger partial charge on any atom is -0.682 e. The first-order valence-electron chi connectivity index (χ1n) is 12.7. The number of hydrogen-bond acceptors (Lipinski definition) is 4. The molecule has 0 saturated carbocycles. The van der Waals surface area contributed by atoms with Crippen molar-refractivity contribution in [1.29, 1.82) is 0 Å². The van der Waals surface area contributed by atoms with Crippen molar-refractivity contribution in [1.82, 2.24) is 15.0 Å². The maximum Gasteiger partial charge on any atom is 2.00 e. The number of aliphatic hydroxyl groups excluding tert-OH is 1. The van der Waals surface area contributed by atoms with E-state index in [2.05, 4.69) is 6.92 Å². The second-order valence-corrected chi connectivity index (χ2v) is 10.4. The van der Waals surface area contributed by atoms with Crippen LogP contribution in [0.3, 0.4) is 0 Å². The third-order valence-corrected chi connectivity index (χ3v) is 8.34. The van der Waals surface area contributed by atoms with Gasteiger partial charge in [-0.25, -0.2) is 0 Å². The minimum atomic E-state index is -1.05. The minimum absolute atomic E-state index is 0. The van der Waals surface area contributed by atoms with Gasteiger partial charge in [0, 0.05) is 5.56 Å². The molecule has 1 saturated heterocycles. The molecule has 1 fully saturated rings. The molecule has 2 aliphatic heterocycles. The SMILES string of the molecule is COC(=O)[C@H]1C(=O)c2c(C)/c3[n-]c2=C1C1C[C@H](C)/C(=C/c2[n-]c(c(C)c2C)/C=c2\[n-]c(c(C)\c2=C\O)\C=3)[N-]1.[Mg+2]. The maximum atomic E-state index is 13.6. The van der Waals surface area contributed by atoms with Gasteiger partial charge in [-0.3, -0.25) is 9.59 Å². The van der Waals surface area contributed by atoms with Crippen LogP contribution in [0.25, 0.3) is 35.4 Å². The number of carbonyl (C=O) groups excluding carboxylic acids is 2. The van der Waals surface area contributed by atoms with Gasteiger partial charge in [-0.15, -0.1) is 33.1 Å². The van der Waals surface area contributed by atoms with Crippen molar-refractivity contribution in [3.8, 4) is 0 Å². The fraction of sp³-hybridized carbons (Fsp3) is 0.333. The summed E-state index contributed by atoms with van der Waals surface area (Å²) in [6.07, 6.45) is 7.45. The first-order valence-corrected chi connectivity index (χ1v) is 12.7. The molecular weight excluding hydrogens is 505 g/mol. The van der Waals surface area contributed by atoms with Gasteiger partial charge in [0.1, 0.15) is 5.92 Å². The van der Waals surface area contributed by atoms with Gasteiger partial charge in [0.15, 0.2) is 5.78 Å². The molecule has 0 spiro atoms. The van der Waals surface area contributed by atoms with Gasteiger partial charge >= 0.3 is 29.0 Å². The summed E-state index contributed by atoms with van der Waals surface area (Å²) in [6, 6.07) is -0.371. The Labute approximate surface area is 241 Å². The molecule has 196 valence electrons. The molecule has 0 amide bonds. The Hall–Kier alpha value is -3.43. The number of ether oxygens (including phenoxy) is 1. The van der Waals surface area contributed by atoms with E-state index in [0.717, 1.165) is 40.0 Å². The second-order valence-electron chi connectivity index (χ2n) is 10.4. The molecule has 6 rings (SSSR count). The summed E-state index contributed by atoms with van der Waals surface area (Å²) in [5, 5.41) is 17.4. The van der Waals surface area contributed by atoms with E-state index in [1.807, 2.05) is 45.9 Å². The number of ketones is 1. The molecule has 3 aromatic rings. The van der Waals surface area contributed by atoms with Crippen LogP contribution in [0.15, 0.2) is 5.70 Å². The van der Waals surface area contributed by atoms with Gasteiger partial charge in [-0.1, -0.05) is 65.4 Å². The van der Waals surface area contributed by atoms with Crippen LogP contribution >= 0.6 is 0 Å². The van der Waals surface area contributed by atoms with E-state index in [1.54, 1.807) is 0 Å². The van der Waals surface area contributed by atoms with Crippen molar-refractivity contribution in [3.05, 3.63) is 77.2 Å². The normalized spacial score (nSPS) is 24.7. The third-order valence-electron chi connectivity index (χ3n) is 8.34. The quantitative estimate of drug-likeness (QED) is 0.277. The Morgan fingerprint density at radius 3 is 2.26 bits per heavy atom. The van der Waals surface area contributed by atoms with Crippen molar-refractivity contribution in [3.63, 3.8) is 0 Å². The maximum absolute atomic E-state index is 13.6. The Morgan fingerprint density at radius 1 is 0.949 bits per heavy atom. The summed E-state index contributed by atoms with van der Waals surface area (Å²) < 4.78 is 5.06. The van der Waals surface area contributed by atoms with E-state index in [1.165, 1.54) is 7.11 Å². The number of esters is 1. The summed E-state index contributed by atoms with van der Waals surface area (Å²) in [7, 11) is 1.30. The largest absolute Gasteiger partial charge is 2.00 e. The van der Waals surface area contributed by atoms with Gasteiger partial charge in [0.2, 0.25) is 0 Å². The number of aliphatic hydroxyl groups is 1. The summed E-state index contributed by atoms with van der Waals surface area (Å²) in [6.45, 7) is 9.87. The second kappa shape index (κ2) is 9.64. The predicted octanol–water partition coefficient (Wildman–Crippen LogP) is 0.637. The number of methoxy groups -OCH3 is 1. The van der Waals surface area contributed by atoms with E-state index >= 15 is 0 Å². The summed E-state index contributed by atoms with van der Waals surface area (Å²) in [5.41, 5.74) is 7.73. The van der Waals surface area contributed by atoms with Crippen molar-refractivity contribution >= 4 is 64.9 Å². The monoisotopic (exact) mass is 532 g/mol. The number of rotatable bonds is 1. The number of fused-ring (bicyclic) bond motifs is 8. The van der Waals surface area contributed by atoms with Gasteiger partial charge in [0.25, 0.3) is 0 Å². The van der Waals surface area contributed by atoms with Crippen LogP contribution in [0.2, 0.25) is 0 Å². The molecule has 9 heteroatoms. The number of nitrogens with zero attached hydrogens (tertiary/aromatic N) is 4. The number of allylic oxidation sites excluding steroid dienone is 1.